The molecule has 0 unspecified atom stereocenters. The maximum absolute atomic E-state index is 12.4. The highest BCUT2D eigenvalue weighted by Crippen LogP contribution is 2.16. The molecule has 0 fully saturated rings. The van der Waals surface area contributed by atoms with Gasteiger partial charge in [-0.3, -0.25) is 9.36 Å². The van der Waals surface area contributed by atoms with Gasteiger partial charge in [0.2, 0.25) is 5.89 Å². The minimum Gasteiger partial charge on any atom is -0.337 e. The third kappa shape index (κ3) is 2.58. The van der Waals surface area contributed by atoms with E-state index in [1.807, 2.05) is 31.2 Å². The number of aromatic nitrogens is 6. The molecule has 0 aliphatic rings. The van der Waals surface area contributed by atoms with E-state index in [4.69, 9.17) is 4.52 Å². The van der Waals surface area contributed by atoms with Crippen LogP contribution in [0.5, 0.6) is 0 Å². The van der Waals surface area contributed by atoms with Crippen molar-refractivity contribution in [1.29, 1.82) is 0 Å². The molecule has 0 N–H and O–H groups in total. The third-order valence-electron chi connectivity index (χ3n) is 3.80. The summed E-state index contributed by atoms with van der Waals surface area (Å²) in [6.07, 6.45) is 3.30. The SMILES string of the molecule is Cc1cc(=O)n(Cc2nc(Cn3ccnn3)no2)c2ccccc12. The first kappa shape index (κ1) is 14.3. The van der Waals surface area contributed by atoms with E-state index < -0.39 is 0 Å². The molecule has 0 spiro atoms. The molecule has 1 aromatic carbocycles. The first-order valence-corrected chi connectivity index (χ1v) is 7.45. The van der Waals surface area contributed by atoms with Crippen molar-refractivity contribution < 1.29 is 4.52 Å². The van der Waals surface area contributed by atoms with Crippen molar-refractivity contribution in [2.75, 3.05) is 0 Å². The quantitative estimate of drug-likeness (QED) is 0.564. The molecule has 8 nitrogen and oxygen atoms in total. The molecule has 8 heteroatoms. The van der Waals surface area contributed by atoms with E-state index in [0.29, 0.717) is 18.3 Å². The molecule has 0 aliphatic carbocycles. The summed E-state index contributed by atoms with van der Waals surface area (Å²) in [6, 6.07) is 9.38. The van der Waals surface area contributed by atoms with Crippen LogP contribution < -0.4 is 5.56 Å². The highest BCUT2D eigenvalue weighted by molar-refractivity contribution is 5.82. The van der Waals surface area contributed by atoms with Crippen LogP contribution in [0.4, 0.5) is 0 Å². The van der Waals surface area contributed by atoms with Crippen molar-refractivity contribution in [3.8, 4) is 0 Å². The molecule has 24 heavy (non-hydrogen) atoms. The van der Waals surface area contributed by atoms with Gasteiger partial charge in [-0.1, -0.05) is 28.6 Å². The molecule has 0 saturated carbocycles. The molecule has 0 aliphatic heterocycles. The Morgan fingerprint density at radius 1 is 1.21 bits per heavy atom. The average Bonchev–Trinajstić information content (AvgIpc) is 3.24. The molecule has 0 radical (unpaired) electrons. The van der Waals surface area contributed by atoms with E-state index >= 15 is 0 Å². The topological polar surface area (TPSA) is 91.6 Å². The van der Waals surface area contributed by atoms with E-state index in [1.165, 1.54) is 0 Å². The number of pyridine rings is 1. The Morgan fingerprint density at radius 2 is 2.08 bits per heavy atom. The maximum atomic E-state index is 12.4. The van der Waals surface area contributed by atoms with Crippen LogP contribution in [0.3, 0.4) is 0 Å². The molecule has 3 aromatic heterocycles. The highest BCUT2D eigenvalue weighted by Gasteiger charge is 2.12. The Balaban J connectivity index is 1.68. The van der Waals surface area contributed by atoms with Gasteiger partial charge in [-0.15, -0.1) is 5.10 Å². The number of hydrogen-bond acceptors (Lipinski definition) is 6. The second-order valence-electron chi connectivity index (χ2n) is 5.47. The molecule has 0 atom stereocenters. The maximum Gasteiger partial charge on any atom is 0.251 e. The summed E-state index contributed by atoms with van der Waals surface area (Å²) in [5.41, 5.74) is 1.70. The smallest absolute Gasteiger partial charge is 0.251 e. The monoisotopic (exact) mass is 322 g/mol. The molecule has 0 saturated heterocycles. The predicted octanol–water partition coefficient (Wildman–Crippen LogP) is 1.38. The number of nitrogens with zero attached hydrogens (tertiary/aromatic N) is 6. The minimum atomic E-state index is -0.0952. The van der Waals surface area contributed by atoms with Gasteiger partial charge in [0, 0.05) is 17.6 Å². The molecule has 120 valence electrons. The van der Waals surface area contributed by atoms with Crippen LogP contribution in [0.2, 0.25) is 0 Å². The van der Waals surface area contributed by atoms with Crippen LogP contribution in [-0.2, 0) is 13.1 Å². The Kier molecular flexibility index (Phi) is 3.42. The lowest BCUT2D eigenvalue weighted by molar-refractivity contribution is 0.364. The van der Waals surface area contributed by atoms with Crippen LogP contribution in [0.25, 0.3) is 10.9 Å². The van der Waals surface area contributed by atoms with Crippen molar-refractivity contribution in [1.82, 2.24) is 29.7 Å². The second kappa shape index (κ2) is 5.73. The normalized spacial score (nSPS) is 11.2. The average molecular weight is 322 g/mol. The number of fused-ring (bicyclic) bond motifs is 1. The summed E-state index contributed by atoms with van der Waals surface area (Å²) in [6.45, 7) is 2.52. The Morgan fingerprint density at radius 3 is 2.92 bits per heavy atom. The predicted molar refractivity (Wildman–Crippen MR) is 85.5 cm³/mol. The van der Waals surface area contributed by atoms with Crippen LogP contribution in [-0.4, -0.2) is 29.7 Å². The van der Waals surface area contributed by atoms with E-state index in [1.54, 1.807) is 27.7 Å². The first-order chi connectivity index (χ1) is 11.7. The number of benzene rings is 1. The molecular formula is C16H14N6O2. The Bertz CT molecular complexity index is 1050. The largest absolute Gasteiger partial charge is 0.337 e. The van der Waals surface area contributed by atoms with Gasteiger partial charge in [0.05, 0.1) is 11.7 Å². The van der Waals surface area contributed by atoms with Gasteiger partial charge in [-0.2, -0.15) is 4.98 Å². The second-order valence-corrected chi connectivity index (χ2v) is 5.47. The fourth-order valence-electron chi connectivity index (χ4n) is 2.68. The van der Waals surface area contributed by atoms with Gasteiger partial charge in [0.25, 0.3) is 5.56 Å². The van der Waals surface area contributed by atoms with Crippen LogP contribution in [0.1, 0.15) is 17.3 Å². The van der Waals surface area contributed by atoms with Crippen molar-refractivity contribution >= 4 is 10.9 Å². The molecule has 0 bridgehead atoms. The summed E-state index contributed by atoms with van der Waals surface area (Å²) in [5.74, 6) is 0.862. The van der Waals surface area contributed by atoms with Gasteiger partial charge in [0.1, 0.15) is 13.1 Å². The molecule has 3 heterocycles. The van der Waals surface area contributed by atoms with Gasteiger partial charge in [-0.25, -0.2) is 4.68 Å². The lowest BCUT2D eigenvalue weighted by Crippen LogP contribution is -2.21. The van der Waals surface area contributed by atoms with Crippen molar-refractivity contribution in [3.63, 3.8) is 0 Å². The van der Waals surface area contributed by atoms with Gasteiger partial charge < -0.3 is 4.52 Å². The molecule has 4 aromatic rings. The fraction of sp³-hybridized carbons (Fsp3) is 0.188. The summed E-state index contributed by atoms with van der Waals surface area (Å²) < 4.78 is 8.50. The highest BCUT2D eigenvalue weighted by atomic mass is 16.5. The molecule has 4 rings (SSSR count). The van der Waals surface area contributed by atoms with Crippen molar-refractivity contribution in [3.05, 3.63) is 70.4 Å². The fourth-order valence-corrected chi connectivity index (χ4v) is 2.68. The lowest BCUT2D eigenvalue weighted by atomic mass is 10.1. The van der Waals surface area contributed by atoms with E-state index in [9.17, 15) is 4.79 Å². The Hall–Kier alpha value is -3.29. The number of aryl methyl sites for hydroxylation is 1. The Labute approximate surface area is 136 Å². The van der Waals surface area contributed by atoms with Crippen LogP contribution in [0, 0.1) is 6.92 Å². The number of rotatable bonds is 4. The summed E-state index contributed by atoms with van der Waals surface area (Å²) in [7, 11) is 0. The third-order valence-corrected chi connectivity index (χ3v) is 3.80. The summed E-state index contributed by atoms with van der Waals surface area (Å²) in [5, 5.41) is 12.5. The lowest BCUT2D eigenvalue weighted by Gasteiger charge is -2.09. The number of para-hydroxylation sites is 1. The standard InChI is InChI=1S/C16H14N6O2/c1-11-8-16(23)22(13-5-3-2-4-12(11)13)10-15-18-14(19-24-15)9-21-7-6-17-20-21/h2-8H,9-10H2,1H3. The molecule has 0 amide bonds. The van der Waals surface area contributed by atoms with Crippen molar-refractivity contribution in [2.24, 2.45) is 0 Å². The zero-order chi connectivity index (χ0) is 16.5. The van der Waals surface area contributed by atoms with Gasteiger partial charge in [0.15, 0.2) is 5.82 Å². The summed E-state index contributed by atoms with van der Waals surface area (Å²) >= 11 is 0. The first-order valence-electron chi connectivity index (χ1n) is 7.45. The van der Waals surface area contributed by atoms with Crippen LogP contribution >= 0.6 is 0 Å². The van der Waals surface area contributed by atoms with Gasteiger partial charge in [-0.05, 0) is 18.6 Å². The minimum absolute atomic E-state index is 0.0952. The zero-order valence-corrected chi connectivity index (χ0v) is 13.0. The van der Waals surface area contributed by atoms with Gasteiger partial charge >= 0.3 is 0 Å². The van der Waals surface area contributed by atoms with E-state index in [-0.39, 0.29) is 12.1 Å². The number of hydrogen-bond donors (Lipinski definition) is 0. The summed E-state index contributed by atoms with van der Waals surface area (Å²) in [4.78, 5) is 16.7. The molecular weight excluding hydrogens is 308 g/mol. The van der Waals surface area contributed by atoms with E-state index in [2.05, 4.69) is 20.5 Å². The van der Waals surface area contributed by atoms with E-state index in [0.717, 1.165) is 16.5 Å². The zero-order valence-electron chi connectivity index (χ0n) is 13.0. The van der Waals surface area contributed by atoms with Crippen molar-refractivity contribution in [2.45, 2.75) is 20.0 Å². The van der Waals surface area contributed by atoms with Crippen LogP contribution in [0.15, 0.2) is 52.0 Å².